The third kappa shape index (κ3) is 1.89. The fourth-order valence-electron chi connectivity index (χ4n) is 0.394. The van der Waals surface area contributed by atoms with Crippen LogP contribution >= 0.6 is 17.0 Å². The molecule has 0 unspecified atom stereocenters. The van der Waals surface area contributed by atoms with Crippen LogP contribution in [0.1, 0.15) is 0 Å². The minimum absolute atomic E-state index is 0. The van der Waals surface area contributed by atoms with Gasteiger partial charge in [-0.2, -0.15) is 0 Å². The smallest absolute Gasteiger partial charge is 0.0991 e. The van der Waals surface area contributed by atoms with E-state index < -0.39 is 0 Å². The van der Waals surface area contributed by atoms with Crippen LogP contribution in [0.2, 0.25) is 0 Å². The van der Waals surface area contributed by atoms with E-state index >= 15 is 0 Å². The molecule has 1 rings (SSSR count). The molecule has 0 saturated heterocycles. The van der Waals surface area contributed by atoms with E-state index in [1.165, 1.54) is 0 Å². The van der Waals surface area contributed by atoms with Crippen LogP contribution in [0.4, 0.5) is 0 Å². The first-order valence-electron chi connectivity index (χ1n) is 1.91. The molecule has 0 aromatic rings. The number of nitrogens with zero attached hydrogens (tertiary/aromatic N) is 2. The van der Waals surface area contributed by atoms with Gasteiger partial charge in [0.2, 0.25) is 0 Å². The van der Waals surface area contributed by atoms with Crippen molar-refractivity contribution in [2.75, 3.05) is 13.1 Å². The first-order chi connectivity index (χ1) is 2.89. The highest BCUT2D eigenvalue weighted by atomic mass is 79.9. The minimum atomic E-state index is 0. The van der Waals surface area contributed by atoms with Crippen molar-refractivity contribution in [3.8, 4) is 0 Å². The molecule has 0 fully saturated rings. The van der Waals surface area contributed by atoms with Crippen LogP contribution in [0.3, 0.4) is 0 Å². The number of halogens is 1. The molecule has 0 spiro atoms. The Morgan fingerprint density at radius 1 is 1.71 bits per heavy atom. The molecule has 0 aromatic heterocycles. The highest BCUT2D eigenvalue weighted by molar-refractivity contribution is 8.93. The summed E-state index contributed by atoms with van der Waals surface area (Å²) < 4.78 is 0. The van der Waals surface area contributed by atoms with Crippen molar-refractivity contribution >= 4 is 23.3 Å². The van der Waals surface area contributed by atoms with Crippen molar-refractivity contribution in [2.45, 2.75) is 0 Å². The van der Waals surface area contributed by atoms with Crippen LogP contribution in [0, 0.1) is 0 Å². The van der Waals surface area contributed by atoms with Gasteiger partial charge in [0.25, 0.3) is 0 Å². The number of aliphatic imine (C=N–C) groups is 1. The van der Waals surface area contributed by atoms with Crippen molar-refractivity contribution in [3.63, 3.8) is 0 Å². The Labute approximate surface area is 52.9 Å². The van der Waals surface area contributed by atoms with Gasteiger partial charge < -0.3 is 0 Å². The number of hydrazine groups is 1. The van der Waals surface area contributed by atoms with Crippen LogP contribution in [0.15, 0.2) is 4.99 Å². The van der Waals surface area contributed by atoms with Gasteiger partial charge in [-0.15, -0.1) is 17.0 Å². The topological polar surface area (TPSA) is 41.6 Å². The van der Waals surface area contributed by atoms with E-state index in [1.807, 2.05) is 0 Å². The summed E-state index contributed by atoms with van der Waals surface area (Å²) in [7, 11) is 0. The van der Waals surface area contributed by atoms with Gasteiger partial charge in [0, 0.05) is 0 Å². The average Bonchev–Trinajstić information content (AvgIpc) is 1.86. The second-order valence-corrected chi connectivity index (χ2v) is 1.26. The standard InChI is InChI=1S/C3H7N3.BrH/c4-6-2-1-5-3-6;/h3H,1-2,4H2;1H. The lowest BCUT2D eigenvalue weighted by Gasteiger charge is -1.99. The van der Waals surface area contributed by atoms with E-state index in [1.54, 1.807) is 11.3 Å². The van der Waals surface area contributed by atoms with E-state index in [-0.39, 0.29) is 17.0 Å². The summed E-state index contributed by atoms with van der Waals surface area (Å²) >= 11 is 0. The highest BCUT2D eigenvalue weighted by Gasteiger charge is 1.94. The van der Waals surface area contributed by atoms with Gasteiger partial charge in [-0.05, 0) is 0 Å². The van der Waals surface area contributed by atoms with Crippen molar-refractivity contribution in [2.24, 2.45) is 10.8 Å². The molecule has 7 heavy (non-hydrogen) atoms. The zero-order chi connectivity index (χ0) is 4.41. The molecule has 1 heterocycles. The fraction of sp³-hybridized carbons (Fsp3) is 0.667. The normalized spacial score (nSPS) is 17.0. The molecule has 4 heteroatoms. The summed E-state index contributed by atoms with van der Waals surface area (Å²) in [6.07, 6.45) is 1.64. The lowest BCUT2D eigenvalue weighted by atomic mass is 10.7. The highest BCUT2D eigenvalue weighted by Crippen LogP contribution is 1.81. The van der Waals surface area contributed by atoms with Gasteiger partial charge in [0.1, 0.15) is 0 Å². The van der Waals surface area contributed by atoms with Crippen molar-refractivity contribution in [3.05, 3.63) is 0 Å². The molecule has 0 bridgehead atoms. The molecule has 1 aliphatic heterocycles. The Kier molecular flexibility index (Phi) is 2.95. The van der Waals surface area contributed by atoms with Gasteiger partial charge in [-0.1, -0.05) is 0 Å². The van der Waals surface area contributed by atoms with E-state index in [4.69, 9.17) is 5.84 Å². The van der Waals surface area contributed by atoms with Crippen LogP contribution in [-0.2, 0) is 0 Å². The van der Waals surface area contributed by atoms with Gasteiger partial charge in [-0.25, -0.2) is 5.84 Å². The van der Waals surface area contributed by atoms with Crippen LogP contribution in [0.5, 0.6) is 0 Å². The largest absolute Gasteiger partial charge is 0.299 e. The molecule has 42 valence electrons. The molecule has 0 aromatic carbocycles. The molecule has 0 aliphatic carbocycles. The summed E-state index contributed by atoms with van der Waals surface area (Å²) in [5.74, 6) is 5.22. The summed E-state index contributed by atoms with van der Waals surface area (Å²) in [5.41, 5.74) is 0. The van der Waals surface area contributed by atoms with E-state index in [0.29, 0.717) is 0 Å². The maximum atomic E-state index is 5.22. The molecule has 1 aliphatic rings. The number of nitrogens with two attached hydrogens (primary N) is 1. The second kappa shape index (κ2) is 2.98. The summed E-state index contributed by atoms with van der Waals surface area (Å²) in [6, 6.07) is 0. The third-order valence-corrected chi connectivity index (χ3v) is 0.717. The third-order valence-electron chi connectivity index (χ3n) is 0.717. The lowest BCUT2D eigenvalue weighted by Crippen LogP contribution is -2.26. The number of hydrogen-bond donors (Lipinski definition) is 1. The monoisotopic (exact) mass is 165 g/mol. The number of hydrogen-bond acceptors (Lipinski definition) is 3. The van der Waals surface area contributed by atoms with Crippen molar-refractivity contribution in [1.82, 2.24) is 5.01 Å². The predicted octanol–water partition coefficient (Wildman–Crippen LogP) is -0.218. The molecule has 0 amide bonds. The minimum Gasteiger partial charge on any atom is -0.299 e. The Morgan fingerprint density at radius 3 is 2.57 bits per heavy atom. The maximum Gasteiger partial charge on any atom is 0.0991 e. The zero-order valence-electron chi connectivity index (χ0n) is 3.87. The second-order valence-electron chi connectivity index (χ2n) is 1.26. The Bertz CT molecular complexity index is 72.6. The van der Waals surface area contributed by atoms with Crippen LogP contribution in [0.25, 0.3) is 0 Å². The molecule has 0 saturated carbocycles. The van der Waals surface area contributed by atoms with E-state index in [9.17, 15) is 0 Å². The van der Waals surface area contributed by atoms with Gasteiger partial charge in [0.05, 0.1) is 19.4 Å². The Balaban J connectivity index is 0.000000360. The first kappa shape index (κ1) is 6.91. The summed E-state index contributed by atoms with van der Waals surface area (Å²) in [5, 5.41) is 1.57. The van der Waals surface area contributed by atoms with Crippen LogP contribution < -0.4 is 5.84 Å². The molecule has 0 radical (unpaired) electrons. The molecule has 0 atom stereocenters. The first-order valence-corrected chi connectivity index (χ1v) is 1.91. The van der Waals surface area contributed by atoms with Gasteiger partial charge in [0.15, 0.2) is 0 Å². The number of rotatable bonds is 0. The lowest BCUT2D eigenvalue weighted by molar-refractivity contribution is 0.495. The van der Waals surface area contributed by atoms with Crippen LogP contribution in [-0.4, -0.2) is 24.4 Å². The van der Waals surface area contributed by atoms with Gasteiger partial charge >= 0.3 is 0 Å². The molecular weight excluding hydrogens is 158 g/mol. The summed E-state index contributed by atoms with van der Waals surface area (Å²) in [6.45, 7) is 1.73. The Morgan fingerprint density at radius 2 is 2.43 bits per heavy atom. The molecule has 2 N–H and O–H groups in total. The predicted molar refractivity (Wildman–Crippen MR) is 34.6 cm³/mol. The van der Waals surface area contributed by atoms with E-state index in [2.05, 4.69) is 4.99 Å². The fourth-order valence-corrected chi connectivity index (χ4v) is 0.394. The average molecular weight is 166 g/mol. The SMILES string of the molecule is Br.NN1C=NCC1. The quantitative estimate of drug-likeness (QED) is 0.505. The Hall–Kier alpha value is -0.0900. The molecule has 3 nitrogen and oxygen atoms in total. The summed E-state index contributed by atoms with van der Waals surface area (Å²) in [4.78, 5) is 3.84. The van der Waals surface area contributed by atoms with E-state index in [0.717, 1.165) is 13.1 Å². The zero-order valence-corrected chi connectivity index (χ0v) is 5.58. The molecular formula is C3H8BrN3. The maximum absolute atomic E-state index is 5.22. The van der Waals surface area contributed by atoms with Crippen molar-refractivity contribution in [1.29, 1.82) is 0 Å². The van der Waals surface area contributed by atoms with Gasteiger partial charge in [-0.3, -0.25) is 10.0 Å². The van der Waals surface area contributed by atoms with Crippen molar-refractivity contribution < 1.29 is 0 Å².